The molecule has 1 saturated carbocycles. The van der Waals surface area contributed by atoms with Crippen LogP contribution in [0.3, 0.4) is 0 Å². The minimum Gasteiger partial charge on any atom is -0.385 e. The molecular weight excluding hydrogens is 242 g/mol. The number of methoxy groups -OCH3 is 1. The third-order valence-electron chi connectivity index (χ3n) is 4.80. The number of hydrogen-bond acceptors (Lipinski definition) is 5. The van der Waals surface area contributed by atoms with Gasteiger partial charge in [0.25, 0.3) is 0 Å². The average molecular weight is 271 g/mol. The van der Waals surface area contributed by atoms with Crippen molar-refractivity contribution in [3.63, 3.8) is 0 Å². The quantitative estimate of drug-likeness (QED) is 0.409. The smallest absolute Gasteiger partial charge is 0.0594 e. The SMILES string of the molecule is COCCCC(NN)C1(N2CCOCC2)CCCC1. The van der Waals surface area contributed by atoms with Crippen molar-refractivity contribution in [1.82, 2.24) is 10.3 Å². The fraction of sp³-hybridized carbons (Fsp3) is 1.00. The summed E-state index contributed by atoms with van der Waals surface area (Å²) in [5.41, 5.74) is 3.35. The summed E-state index contributed by atoms with van der Waals surface area (Å²) < 4.78 is 10.7. The predicted molar refractivity (Wildman–Crippen MR) is 75.8 cm³/mol. The van der Waals surface area contributed by atoms with E-state index < -0.39 is 0 Å². The molecule has 0 bridgehead atoms. The summed E-state index contributed by atoms with van der Waals surface area (Å²) in [4.78, 5) is 2.63. The van der Waals surface area contributed by atoms with Gasteiger partial charge in [0.1, 0.15) is 0 Å². The molecule has 2 fully saturated rings. The van der Waals surface area contributed by atoms with Gasteiger partial charge in [-0.15, -0.1) is 0 Å². The molecule has 2 aliphatic rings. The first-order chi connectivity index (χ1) is 9.33. The van der Waals surface area contributed by atoms with Gasteiger partial charge in [-0.1, -0.05) is 12.8 Å². The van der Waals surface area contributed by atoms with Gasteiger partial charge in [0.05, 0.1) is 13.2 Å². The molecule has 1 aliphatic heterocycles. The molecule has 0 radical (unpaired) electrons. The highest BCUT2D eigenvalue weighted by Gasteiger charge is 2.45. The fourth-order valence-electron chi connectivity index (χ4n) is 3.82. The normalized spacial score (nSPS) is 25.6. The van der Waals surface area contributed by atoms with Crippen molar-refractivity contribution in [3.05, 3.63) is 0 Å². The number of morpholine rings is 1. The topological polar surface area (TPSA) is 59.8 Å². The second-order valence-electron chi connectivity index (χ2n) is 5.76. The lowest BCUT2D eigenvalue weighted by molar-refractivity contribution is -0.0377. The van der Waals surface area contributed by atoms with Gasteiger partial charge in [0.2, 0.25) is 0 Å². The van der Waals surface area contributed by atoms with Gasteiger partial charge in [0.15, 0.2) is 0 Å². The Labute approximate surface area is 116 Å². The molecule has 0 spiro atoms. The van der Waals surface area contributed by atoms with E-state index in [1.807, 2.05) is 0 Å². The van der Waals surface area contributed by atoms with Gasteiger partial charge in [-0.25, -0.2) is 0 Å². The second kappa shape index (κ2) is 7.55. The lowest BCUT2D eigenvalue weighted by Gasteiger charge is -2.48. The molecule has 112 valence electrons. The van der Waals surface area contributed by atoms with E-state index >= 15 is 0 Å². The Hall–Kier alpha value is -0.200. The van der Waals surface area contributed by atoms with Crippen molar-refractivity contribution in [2.24, 2.45) is 5.84 Å². The first-order valence-corrected chi connectivity index (χ1v) is 7.61. The zero-order chi connectivity index (χ0) is 13.6. The maximum absolute atomic E-state index is 5.88. The van der Waals surface area contributed by atoms with E-state index in [1.54, 1.807) is 7.11 Å². The zero-order valence-electron chi connectivity index (χ0n) is 12.2. The lowest BCUT2D eigenvalue weighted by atomic mass is 9.83. The molecule has 3 N–H and O–H groups in total. The number of nitrogens with two attached hydrogens (primary N) is 1. The number of nitrogens with one attached hydrogen (secondary N) is 1. The number of nitrogens with zero attached hydrogens (tertiary/aromatic N) is 1. The molecular formula is C14H29N3O2. The van der Waals surface area contributed by atoms with Crippen molar-refractivity contribution in [1.29, 1.82) is 0 Å². The van der Waals surface area contributed by atoms with Crippen LogP contribution in [0.1, 0.15) is 38.5 Å². The van der Waals surface area contributed by atoms with Gasteiger partial charge in [-0.3, -0.25) is 16.2 Å². The zero-order valence-corrected chi connectivity index (χ0v) is 12.2. The van der Waals surface area contributed by atoms with Gasteiger partial charge in [-0.2, -0.15) is 0 Å². The van der Waals surface area contributed by atoms with Crippen molar-refractivity contribution in [3.8, 4) is 0 Å². The number of ether oxygens (including phenoxy) is 2. The lowest BCUT2D eigenvalue weighted by Crippen LogP contribution is -2.63. The van der Waals surface area contributed by atoms with E-state index in [0.29, 0.717) is 6.04 Å². The van der Waals surface area contributed by atoms with E-state index in [4.69, 9.17) is 15.3 Å². The van der Waals surface area contributed by atoms with Gasteiger partial charge >= 0.3 is 0 Å². The third-order valence-corrected chi connectivity index (χ3v) is 4.80. The van der Waals surface area contributed by atoms with Crippen molar-refractivity contribution < 1.29 is 9.47 Å². The summed E-state index contributed by atoms with van der Waals surface area (Å²) in [6.07, 6.45) is 7.31. The summed E-state index contributed by atoms with van der Waals surface area (Å²) in [7, 11) is 1.76. The molecule has 5 nitrogen and oxygen atoms in total. The molecule has 1 aliphatic carbocycles. The van der Waals surface area contributed by atoms with Gasteiger partial charge in [0, 0.05) is 38.4 Å². The first-order valence-electron chi connectivity index (χ1n) is 7.61. The molecule has 5 heteroatoms. The number of rotatable bonds is 7. The van der Waals surface area contributed by atoms with Crippen LogP contribution in [0.4, 0.5) is 0 Å². The highest BCUT2D eigenvalue weighted by Crippen LogP contribution is 2.39. The molecule has 0 aromatic rings. The van der Waals surface area contributed by atoms with Crippen molar-refractivity contribution in [2.45, 2.75) is 50.1 Å². The first kappa shape index (κ1) is 15.2. The predicted octanol–water partition coefficient (Wildman–Crippen LogP) is 0.890. The van der Waals surface area contributed by atoms with Crippen LogP contribution in [0.5, 0.6) is 0 Å². The third kappa shape index (κ3) is 3.47. The average Bonchev–Trinajstić information content (AvgIpc) is 2.95. The Bertz CT molecular complexity index is 251. The molecule has 1 heterocycles. The summed E-state index contributed by atoms with van der Waals surface area (Å²) in [5, 5.41) is 0. The van der Waals surface area contributed by atoms with E-state index in [9.17, 15) is 0 Å². The minimum atomic E-state index is 0.242. The highest BCUT2D eigenvalue weighted by molar-refractivity contribution is 5.03. The van der Waals surface area contributed by atoms with Crippen LogP contribution in [-0.2, 0) is 9.47 Å². The Morgan fingerprint density at radius 1 is 1.32 bits per heavy atom. The van der Waals surface area contributed by atoms with Gasteiger partial charge < -0.3 is 9.47 Å². The summed E-state index contributed by atoms with van der Waals surface area (Å²) in [6, 6.07) is 0.364. The van der Waals surface area contributed by atoms with Crippen LogP contribution in [0, 0.1) is 0 Å². The second-order valence-corrected chi connectivity index (χ2v) is 5.76. The van der Waals surface area contributed by atoms with E-state index in [0.717, 1.165) is 45.8 Å². The molecule has 0 amide bonds. The largest absolute Gasteiger partial charge is 0.385 e. The molecule has 1 atom stereocenters. The van der Waals surface area contributed by atoms with Crippen LogP contribution in [-0.4, -0.2) is 56.5 Å². The van der Waals surface area contributed by atoms with Gasteiger partial charge in [-0.05, 0) is 25.7 Å². The Kier molecular flexibility index (Phi) is 6.04. The highest BCUT2D eigenvalue weighted by atomic mass is 16.5. The maximum Gasteiger partial charge on any atom is 0.0594 e. The van der Waals surface area contributed by atoms with Crippen LogP contribution >= 0.6 is 0 Å². The Morgan fingerprint density at radius 2 is 2.00 bits per heavy atom. The van der Waals surface area contributed by atoms with Crippen LogP contribution in [0.2, 0.25) is 0 Å². The van der Waals surface area contributed by atoms with Crippen LogP contribution < -0.4 is 11.3 Å². The van der Waals surface area contributed by atoms with E-state index in [-0.39, 0.29) is 5.54 Å². The van der Waals surface area contributed by atoms with E-state index in [2.05, 4.69) is 10.3 Å². The molecule has 0 aromatic heterocycles. The van der Waals surface area contributed by atoms with Crippen molar-refractivity contribution >= 4 is 0 Å². The monoisotopic (exact) mass is 271 g/mol. The van der Waals surface area contributed by atoms with Crippen LogP contribution in [0.15, 0.2) is 0 Å². The molecule has 19 heavy (non-hydrogen) atoms. The summed E-state index contributed by atoms with van der Waals surface area (Å²) in [5.74, 6) is 5.88. The standard InChI is InChI=1S/C14H29N3O2/c1-18-10-4-5-13(16-15)14(6-2-3-7-14)17-8-11-19-12-9-17/h13,16H,2-12,15H2,1H3. The summed E-state index contributed by atoms with van der Waals surface area (Å²) in [6.45, 7) is 4.62. The molecule has 1 unspecified atom stereocenters. The molecule has 2 rings (SSSR count). The molecule has 1 saturated heterocycles. The fourth-order valence-corrected chi connectivity index (χ4v) is 3.82. The van der Waals surface area contributed by atoms with Crippen molar-refractivity contribution in [2.75, 3.05) is 40.0 Å². The number of hydrazine groups is 1. The number of hydrogen-bond donors (Lipinski definition) is 2. The van der Waals surface area contributed by atoms with E-state index in [1.165, 1.54) is 25.7 Å². The van der Waals surface area contributed by atoms with Crippen LogP contribution in [0.25, 0.3) is 0 Å². The summed E-state index contributed by atoms with van der Waals surface area (Å²) >= 11 is 0. The Balaban J connectivity index is 2.02. The molecule has 0 aromatic carbocycles. The Morgan fingerprint density at radius 3 is 2.58 bits per heavy atom. The maximum atomic E-state index is 5.88. The minimum absolute atomic E-state index is 0.242.